The number of methoxy groups -OCH3 is 1. The van der Waals surface area contributed by atoms with Gasteiger partial charge < -0.3 is 9.64 Å². The number of carbonyl (C=O) groups excluding carboxylic acids is 1. The second-order valence-corrected chi connectivity index (χ2v) is 10.0. The van der Waals surface area contributed by atoms with Crippen molar-refractivity contribution in [2.24, 2.45) is 0 Å². The summed E-state index contributed by atoms with van der Waals surface area (Å²) in [5.74, 6) is -0.210. The molecule has 1 fully saturated rings. The monoisotopic (exact) mass is 512 g/mol. The van der Waals surface area contributed by atoms with Gasteiger partial charge in [0.15, 0.2) is 0 Å². The number of aryl methyl sites for hydroxylation is 3. The van der Waals surface area contributed by atoms with Crippen molar-refractivity contribution >= 4 is 27.5 Å². The van der Waals surface area contributed by atoms with Crippen LogP contribution >= 0.6 is 11.3 Å². The zero-order valence-electron chi connectivity index (χ0n) is 20.3. The molecule has 3 aromatic heterocycles. The van der Waals surface area contributed by atoms with E-state index in [1.807, 2.05) is 0 Å². The fraction of sp³-hybridized carbons (Fsp3) is 0.375. The first-order valence-electron chi connectivity index (χ1n) is 11.4. The number of fused-ring (bicyclic) bond motifs is 1. The van der Waals surface area contributed by atoms with Gasteiger partial charge >= 0.3 is 5.69 Å². The van der Waals surface area contributed by atoms with Crippen molar-refractivity contribution in [1.82, 2.24) is 29.0 Å². The summed E-state index contributed by atoms with van der Waals surface area (Å²) in [7, 11) is 3.15. The van der Waals surface area contributed by atoms with Gasteiger partial charge in [-0.05, 0) is 50.5 Å². The molecule has 1 aromatic carbocycles. The molecule has 0 bridgehead atoms. The van der Waals surface area contributed by atoms with Gasteiger partial charge in [0, 0.05) is 25.7 Å². The van der Waals surface area contributed by atoms with Crippen molar-refractivity contribution in [3.8, 4) is 10.8 Å². The molecule has 1 atom stereocenters. The molecule has 0 radical (unpaired) electrons. The van der Waals surface area contributed by atoms with E-state index in [0.717, 1.165) is 4.57 Å². The van der Waals surface area contributed by atoms with Gasteiger partial charge in [-0.1, -0.05) is 11.3 Å². The van der Waals surface area contributed by atoms with Crippen LogP contribution in [-0.2, 0) is 23.3 Å². The molecule has 1 aliphatic rings. The second-order valence-electron chi connectivity index (χ2n) is 9.06. The van der Waals surface area contributed by atoms with Gasteiger partial charge in [-0.2, -0.15) is 10.2 Å². The Balaban J connectivity index is 1.75. The molecular weight excluding hydrogens is 487 g/mol. The average Bonchev–Trinajstić information content (AvgIpc) is 3.55. The third-order valence-electron chi connectivity index (χ3n) is 6.87. The van der Waals surface area contributed by atoms with Crippen LogP contribution in [0.1, 0.15) is 24.5 Å². The molecule has 0 unspecified atom stereocenters. The highest BCUT2D eigenvalue weighted by molar-refractivity contribution is 7.21. The topological polar surface area (TPSA) is 104 Å². The fourth-order valence-corrected chi connectivity index (χ4v) is 6.10. The molecule has 0 spiro atoms. The number of carbonyl (C=O) groups is 1. The van der Waals surface area contributed by atoms with E-state index in [2.05, 4.69) is 10.2 Å². The number of aromatic nitrogens is 5. The van der Waals surface area contributed by atoms with Gasteiger partial charge in [0.05, 0.1) is 24.9 Å². The highest BCUT2D eigenvalue weighted by Gasteiger charge is 2.45. The molecule has 1 aliphatic heterocycles. The summed E-state index contributed by atoms with van der Waals surface area (Å²) in [6.07, 6.45) is 3.65. The number of halogens is 1. The molecular formula is C24H25FN6O4S. The third kappa shape index (κ3) is 3.55. The third-order valence-corrected chi connectivity index (χ3v) is 8.15. The van der Waals surface area contributed by atoms with Crippen LogP contribution in [0.15, 0.2) is 40.2 Å². The summed E-state index contributed by atoms with van der Waals surface area (Å²) in [5, 5.41) is 9.31. The highest BCUT2D eigenvalue weighted by atomic mass is 32.1. The Bertz CT molecular complexity index is 1610. The Morgan fingerprint density at radius 2 is 1.92 bits per heavy atom. The number of ether oxygens (including phenoxy) is 1. The lowest BCUT2D eigenvalue weighted by molar-refractivity contribution is -0.133. The Kier molecular flexibility index (Phi) is 5.78. The van der Waals surface area contributed by atoms with E-state index in [-0.39, 0.29) is 18.9 Å². The Labute approximate surface area is 209 Å². The van der Waals surface area contributed by atoms with Crippen molar-refractivity contribution in [2.75, 3.05) is 20.7 Å². The quantitative estimate of drug-likeness (QED) is 0.392. The molecule has 10 nitrogen and oxygen atoms in total. The van der Waals surface area contributed by atoms with Crippen LogP contribution in [0.25, 0.3) is 15.2 Å². The normalized spacial score (nSPS) is 17.9. The molecule has 5 rings (SSSR count). The summed E-state index contributed by atoms with van der Waals surface area (Å²) >= 11 is 1.22. The maximum atomic E-state index is 14.0. The fourth-order valence-electron chi connectivity index (χ4n) is 4.87. The van der Waals surface area contributed by atoms with Crippen LogP contribution < -0.4 is 16.0 Å². The van der Waals surface area contributed by atoms with Crippen molar-refractivity contribution in [1.29, 1.82) is 0 Å². The predicted octanol–water partition coefficient (Wildman–Crippen LogP) is 2.08. The van der Waals surface area contributed by atoms with Gasteiger partial charge in [0.25, 0.3) is 5.56 Å². The number of amides is 1. The van der Waals surface area contributed by atoms with E-state index >= 15 is 0 Å². The molecule has 0 N–H and O–H groups in total. The lowest BCUT2D eigenvalue weighted by Crippen LogP contribution is -2.53. The first kappa shape index (κ1) is 23.9. The minimum atomic E-state index is -1.31. The number of nitrogens with zero attached hydrogens (tertiary/aromatic N) is 6. The maximum absolute atomic E-state index is 14.0. The second kappa shape index (κ2) is 8.70. The summed E-state index contributed by atoms with van der Waals surface area (Å²) in [6, 6.07) is 4.21. The molecule has 188 valence electrons. The summed E-state index contributed by atoms with van der Waals surface area (Å²) in [5.41, 5.74) is -1.22. The van der Waals surface area contributed by atoms with E-state index in [1.54, 1.807) is 20.9 Å². The number of rotatable bonds is 6. The first-order valence-corrected chi connectivity index (χ1v) is 12.2. The van der Waals surface area contributed by atoms with Crippen molar-refractivity contribution in [2.45, 2.75) is 38.8 Å². The molecule has 0 aliphatic carbocycles. The van der Waals surface area contributed by atoms with Gasteiger partial charge in [-0.3, -0.25) is 14.2 Å². The summed E-state index contributed by atoms with van der Waals surface area (Å²) in [6.45, 7) is 3.98. The summed E-state index contributed by atoms with van der Waals surface area (Å²) < 4.78 is 21.9. The van der Waals surface area contributed by atoms with Gasteiger partial charge in [0.2, 0.25) is 5.91 Å². The van der Waals surface area contributed by atoms with Crippen LogP contribution in [0.3, 0.4) is 0 Å². The van der Waals surface area contributed by atoms with Crippen LogP contribution in [0.5, 0.6) is 5.75 Å². The molecule has 36 heavy (non-hydrogen) atoms. The smallest absolute Gasteiger partial charge is 0.333 e. The highest BCUT2D eigenvalue weighted by Crippen LogP contribution is 2.33. The van der Waals surface area contributed by atoms with Crippen molar-refractivity contribution in [3.05, 3.63) is 68.4 Å². The van der Waals surface area contributed by atoms with Crippen LogP contribution in [0.4, 0.5) is 4.39 Å². The number of benzene rings is 1. The maximum Gasteiger partial charge on any atom is 0.333 e. The lowest BCUT2D eigenvalue weighted by atomic mass is 10.00. The average molecular weight is 513 g/mol. The molecule has 1 amide bonds. The number of hydrogen-bond donors (Lipinski definition) is 0. The Morgan fingerprint density at radius 1 is 1.19 bits per heavy atom. The standard InChI is InChI=1S/C24H25FN6O4S/c1-14-18-19(32)30(24(2)8-12-28(3)22(24)33)23(34)29(21(18)36-20(14)31-26-9-10-27-31)11-7-15-13-16(25)5-6-17(15)35-4/h5-6,9-10,13H,7-8,11-12H2,1-4H3/t24-/m1/s1. The zero-order chi connectivity index (χ0) is 25.8. The minimum absolute atomic E-state index is 0.140. The van der Waals surface area contributed by atoms with Crippen molar-refractivity contribution in [3.63, 3.8) is 0 Å². The van der Waals surface area contributed by atoms with E-state index in [4.69, 9.17) is 4.74 Å². The number of likely N-dealkylation sites (N-methyl/N-ethyl adjacent to an activating group) is 1. The van der Waals surface area contributed by atoms with E-state index < -0.39 is 22.6 Å². The van der Waals surface area contributed by atoms with E-state index in [0.29, 0.717) is 45.1 Å². The first-order chi connectivity index (χ1) is 17.2. The molecule has 1 saturated heterocycles. The minimum Gasteiger partial charge on any atom is -0.496 e. The number of hydrogen-bond acceptors (Lipinski definition) is 7. The van der Waals surface area contributed by atoms with Crippen molar-refractivity contribution < 1.29 is 13.9 Å². The SMILES string of the molecule is COc1ccc(F)cc1CCn1c(=O)n([C@]2(C)CCN(C)C2=O)c(=O)c2c(C)c(-n3nccn3)sc21. The Morgan fingerprint density at radius 3 is 2.56 bits per heavy atom. The van der Waals surface area contributed by atoms with E-state index in [1.165, 1.54) is 63.3 Å². The number of thiophene rings is 1. The predicted molar refractivity (Wildman–Crippen MR) is 133 cm³/mol. The van der Waals surface area contributed by atoms with Crippen LogP contribution in [0, 0.1) is 12.7 Å². The van der Waals surface area contributed by atoms with Gasteiger partial charge in [0.1, 0.15) is 26.9 Å². The molecule has 4 aromatic rings. The summed E-state index contributed by atoms with van der Waals surface area (Å²) in [4.78, 5) is 44.2. The van der Waals surface area contributed by atoms with Crippen LogP contribution in [0.2, 0.25) is 0 Å². The van der Waals surface area contributed by atoms with Crippen LogP contribution in [-0.4, -0.2) is 55.6 Å². The largest absolute Gasteiger partial charge is 0.496 e. The zero-order valence-corrected chi connectivity index (χ0v) is 21.1. The lowest BCUT2D eigenvalue weighted by Gasteiger charge is -2.25. The van der Waals surface area contributed by atoms with E-state index in [9.17, 15) is 18.8 Å². The Hall–Kier alpha value is -3.80. The number of likely N-dealkylation sites (tertiary alicyclic amines) is 1. The van der Waals surface area contributed by atoms with Gasteiger partial charge in [-0.15, -0.1) is 4.80 Å². The molecule has 12 heteroatoms. The molecule has 4 heterocycles. The molecule has 0 saturated carbocycles. The van der Waals surface area contributed by atoms with Gasteiger partial charge in [-0.25, -0.2) is 13.8 Å².